The SMILES string of the molecule is CC(C)(C)c1ccc(-c2cc(C(C)(C)C)ccc2N2c3ccc(C(C)(C)C)cc3B3c4ccc(N(c5ccccc5)c5ccccc5)cc4N(c4cccc5c4-c4ccccc4C5(C)C)c4cc(C(C)(C)C)cc2c43)cc1. The Bertz CT molecular complexity index is 3720. The van der Waals surface area contributed by atoms with Crippen molar-refractivity contribution in [1.29, 1.82) is 0 Å². The third kappa shape index (κ3) is 8.33. The summed E-state index contributed by atoms with van der Waals surface area (Å²) in [5.41, 5.74) is 27.1. The lowest BCUT2D eigenvalue weighted by atomic mass is 9.33. The molecule has 0 unspecified atom stereocenters. The van der Waals surface area contributed by atoms with Gasteiger partial charge in [-0.05, 0) is 155 Å². The summed E-state index contributed by atoms with van der Waals surface area (Å²) in [5, 5.41) is 0. The molecule has 0 bridgehead atoms. The van der Waals surface area contributed by atoms with Gasteiger partial charge in [0.1, 0.15) is 0 Å². The lowest BCUT2D eigenvalue weighted by Gasteiger charge is -2.46. The van der Waals surface area contributed by atoms with E-state index in [9.17, 15) is 0 Å². The van der Waals surface area contributed by atoms with Crippen molar-refractivity contribution in [2.45, 2.75) is 124 Å². The fraction of sp³-hybridized carbons (Fsp3) is 0.260. The van der Waals surface area contributed by atoms with Gasteiger partial charge in [-0.15, -0.1) is 0 Å². The molecule has 0 amide bonds. The molecule has 0 aromatic heterocycles. The van der Waals surface area contributed by atoms with Gasteiger partial charge in [0.05, 0.1) is 11.4 Å². The van der Waals surface area contributed by atoms with Crippen molar-refractivity contribution in [2.24, 2.45) is 0 Å². The summed E-state index contributed by atoms with van der Waals surface area (Å²) in [6.45, 7) is 32.9. The summed E-state index contributed by atoms with van der Waals surface area (Å²) in [4.78, 5) is 7.76. The summed E-state index contributed by atoms with van der Waals surface area (Å²) >= 11 is 0. The minimum absolute atomic E-state index is 0.0354. The first-order valence-corrected chi connectivity index (χ1v) is 28.0. The molecule has 0 radical (unpaired) electrons. The van der Waals surface area contributed by atoms with Gasteiger partial charge >= 0.3 is 0 Å². The molecule has 0 fully saturated rings. The second kappa shape index (κ2) is 17.7. The van der Waals surface area contributed by atoms with Crippen molar-refractivity contribution < 1.29 is 0 Å². The zero-order valence-corrected chi connectivity index (χ0v) is 47.9. The van der Waals surface area contributed by atoms with Gasteiger partial charge in [-0.3, -0.25) is 0 Å². The minimum atomic E-state index is -0.191. The number of rotatable bonds is 6. The van der Waals surface area contributed by atoms with E-state index in [2.05, 4.69) is 306 Å². The van der Waals surface area contributed by atoms with E-state index in [0.717, 1.165) is 17.1 Å². The maximum absolute atomic E-state index is 2.68. The number of hydrogen-bond donors (Lipinski definition) is 0. The monoisotopic (exact) mass is 1000 g/mol. The van der Waals surface area contributed by atoms with Crippen molar-refractivity contribution in [3.8, 4) is 22.3 Å². The van der Waals surface area contributed by atoms with Gasteiger partial charge in [-0.2, -0.15) is 0 Å². The average molecular weight is 1000 g/mol. The van der Waals surface area contributed by atoms with Crippen LogP contribution >= 0.6 is 0 Å². The Morgan fingerprint density at radius 2 is 0.870 bits per heavy atom. The predicted octanol–water partition coefficient (Wildman–Crippen LogP) is 18.4. The van der Waals surface area contributed by atoms with Crippen molar-refractivity contribution in [3.05, 3.63) is 228 Å². The summed E-state index contributed by atoms with van der Waals surface area (Å²) in [6, 6.07) is 74.5. The average Bonchev–Trinajstić information content (AvgIpc) is 3.76. The van der Waals surface area contributed by atoms with Crippen LogP contribution in [-0.2, 0) is 27.1 Å². The van der Waals surface area contributed by atoms with Crippen LogP contribution in [0.15, 0.2) is 194 Å². The topological polar surface area (TPSA) is 9.72 Å². The first-order valence-electron chi connectivity index (χ1n) is 28.0. The van der Waals surface area contributed by atoms with Gasteiger partial charge in [0.25, 0.3) is 6.71 Å². The normalized spacial score (nSPS) is 14.4. The lowest BCUT2D eigenvalue weighted by Crippen LogP contribution is -2.61. The lowest BCUT2D eigenvalue weighted by molar-refractivity contribution is 0.589. The van der Waals surface area contributed by atoms with Crippen molar-refractivity contribution in [2.75, 3.05) is 14.7 Å². The second-order valence-electron chi connectivity index (χ2n) is 26.7. The maximum Gasteiger partial charge on any atom is 0.252 e. The molecular formula is C73H74BN3. The quantitative estimate of drug-likeness (QED) is 0.154. The summed E-state index contributed by atoms with van der Waals surface area (Å²) in [5.74, 6) is 0. The van der Waals surface area contributed by atoms with E-state index in [4.69, 9.17) is 0 Å². The summed E-state index contributed by atoms with van der Waals surface area (Å²) < 4.78 is 0. The zero-order chi connectivity index (χ0) is 54.1. The number of hydrogen-bond acceptors (Lipinski definition) is 3. The van der Waals surface area contributed by atoms with Gasteiger partial charge in [-0.25, -0.2) is 0 Å². The van der Waals surface area contributed by atoms with E-state index < -0.39 is 0 Å². The largest absolute Gasteiger partial charge is 0.311 e. The number of benzene rings is 9. The van der Waals surface area contributed by atoms with E-state index in [1.807, 2.05) is 0 Å². The highest BCUT2D eigenvalue weighted by molar-refractivity contribution is 7.00. The third-order valence-electron chi connectivity index (χ3n) is 17.1. The number of para-hydroxylation sites is 2. The van der Waals surface area contributed by atoms with Crippen molar-refractivity contribution >= 4 is 74.3 Å². The third-order valence-corrected chi connectivity index (χ3v) is 17.1. The standard InChI is InChI=1S/C73H74BN3/c1-69(2,3)48-34-32-47(33-35-48)56-42-49(70(4,5)6)36-40-61(56)76-62-41-37-50(71(7,8)9)43-60(62)74-59-39-38-54(75(52-24-17-15-18-25-52)53-26-19-16-20-27-53)46-64(59)77(66-45-51(72(10,11)12)44-65(76)68(66)74)63-31-23-30-58-67(63)55-28-21-22-29-57(55)73(58,13)14/h15-46H,1-14H3. The summed E-state index contributed by atoms with van der Waals surface area (Å²) in [7, 11) is 0. The molecular weight excluding hydrogens is 930 g/mol. The van der Waals surface area contributed by atoms with Crippen molar-refractivity contribution in [1.82, 2.24) is 0 Å². The van der Waals surface area contributed by atoms with Crippen LogP contribution in [0.25, 0.3) is 22.3 Å². The van der Waals surface area contributed by atoms with Gasteiger partial charge < -0.3 is 14.7 Å². The van der Waals surface area contributed by atoms with Gasteiger partial charge in [0.2, 0.25) is 0 Å². The molecule has 3 aliphatic rings. The smallest absolute Gasteiger partial charge is 0.252 e. The van der Waals surface area contributed by atoms with E-state index in [-0.39, 0.29) is 33.8 Å². The molecule has 77 heavy (non-hydrogen) atoms. The molecule has 0 atom stereocenters. The van der Waals surface area contributed by atoms with Crippen LogP contribution in [0, 0.1) is 0 Å². The van der Waals surface area contributed by atoms with Crippen LogP contribution in [0.4, 0.5) is 51.2 Å². The van der Waals surface area contributed by atoms with E-state index in [0.29, 0.717) is 0 Å². The fourth-order valence-electron chi connectivity index (χ4n) is 12.6. The molecule has 9 aromatic rings. The molecule has 0 saturated carbocycles. The molecule has 0 spiro atoms. The number of anilines is 9. The first-order chi connectivity index (χ1) is 36.5. The Labute approximate surface area is 460 Å². The molecule has 0 N–H and O–H groups in total. The molecule has 0 saturated heterocycles. The zero-order valence-electron chi connectivity index (χ0n) is 47.9. The molecule has 9 aromatic carbocycles. The van der Waals surface area contributed by atoms with Crippen LogP contribution in [0.5, 0.6) is 0 Å². The van der Waals surface area contributed by atoms with Gasteiger partial charge in [0.15, 0.2) is 0 Å². The number of fused-ring (bicyclic) bond motifs is 7. The van der Waals surface area contributed by atoms with Crippen LogP contribution in [0.2, 0.25) is 0 Å². The molecule has 2 aliphatic heterocycles. The van der Waals surface area contributed by atoms with E-state index in [1.165, 1.54) is 106 Å². The molecule has 12 rings (SSSR count). The minimum Gasteiger partial charge on any atom is -0.311 e. The van der Waals surface area contributed by atoms with Crippen molar-refractivity contribution in [3.63, 3.8) is 0 Å². The Morgan fingerprint density at radius 3 is 1.47 bits per heavy atom. The molecule has 1 aliphatic carbocycles. The molecule has 4 heteroatoms. The summed E-state index contributed by atoms with van der Waals surface area (Å²) in [6.07, 6.45) is 0. The van der Waals surface area contributed by atoms with E-state index >= 15 is 0 Å². The Hall–Kier alpha value is -7.56. The molecule has 3 nitrogen and oxygen atoms in total. The highest BCUT2D eigenvalue weighted by atomic mass is 15.2. The highest BCUT2D eigenvalue weighted by Crippen LogP contribution is 2.56. The van der Waals surface area contributed by atoms with Crippen LogP contribution in [0.3, 0.4) is 0 Å². The number of nitrogens with zero attached hydrogens (tertiary/aromatic N) is 3. The van der Waals surface area contributed by atoms with Crippen LogP contribution in [0.1, 0.15) is 130 Å². The maximum atomic E-state index is 2.68. The molecule has 2 heterocycles. The Morgan fingerprint density at radius 1 is 0.351 bits per heavy atom. The first kappa shape index (κ1) is 50.3. The fourth-order valence-corrected chi connectivity index (χ4v) is 12.6. The van der Waals surface area contributed by atoms with Crippen LogP contribution in [-0.4, -0.2) is 6.71 Å². The van der Waals surface area contributed by atoms with E-state index in [1.54, 1.807) is 0 Å². The predicted molar refractivity (Wildman–Crippen MR) is 333 cm³/mol. The van der Waals surface area contributed by atoms with Crippen LogP contribution < -0.4 is 31.1 Å². The van der Waals surface area contributed by atoms with Gasteiger partial charge in [-0.1, -0.05) is 218 Å². The molecule has 384 valence electrons. The van der Waals surface area contributed by atoms with Gasteiger partial charge in [0, 0.05) is 56.4 Å². The Kier molecular flexibility index (Phi) is 11.6. The highest BCUT2D eigenvalue weighted by Gasteiger charge is 2.47. The second-order valence-corrected chi connectivity index (χ2v) is 26.7. The Balaban J connectivity index is 1.22.